The van der Waals surface area contributed by atoms with Gasteiger partial charge in [-0.1, -0.05) is 0 Å². The molecule has 0 aliphatic heterocycles. The summed E-state index contributed by atoms with van der Waals surface area (Å²) in [7, 11) is 0. The Balaban J connectivity index is 1.96. The van der Waals surface area contributed by atoms with E-state index in [2.05, 4.69) is 0 Å². The highest BCUT2D eigenvalue weighted by Crippen LogP contribution is 2.89. The van der Waals surface area contributed by atoms with Crippen molar-refractivity contribution in [2.45, 2.75) is 54.6 Å². The number of hydrogen-bond donors (Lipinski definition) is 1. The van der Waals surface area contributed by atoms with Crippen molar-refractivity contribution in [2.24, 2.45) is 11.1 Å². The summed E-state index contributed by atoms with van der Waals surface area (Å²) < 4.78 is 42.5. The Morgan fingerprint density at radius 2 is 1.14 bits per heavy atom. The molecule has 2 bridgehead atoms. The monoisotopic (exact) mass is 203 g/mol. The second-order valence-corrected chi connectivity index (χ2v) is 6.05. The number of hydrogen-bond acceptors (Lipinski definition) is 1. The molecular formula is C10H12F3N. The molecule has 0 radical (unpaired) electrons. The van der Waals surface area contributed by atoms with Crippen LogP contribution in [0.1, 0.15) is 32.1 Å². The molecule has 14 heavy (non-hydrogen) atoms. The van der Waals surface area contributed by atoms with Gasteiger partial charge in [-0.2, -0.15) is 0 Å². The van der Waals surface area contributed by atoms with Crippen molar-refractivity contribution in [2.75, 3.05) is 0 Å². The van der Waals surface area contributed by atoms with Gasteiger partial charge in [0.25, 0.3) is 0 Å². The van der Waals surface area contributed by atoms with Crippen LogP contribution in [-0.2, 0) is 0 Å². The molecule has 78 valence electrons. The van der Waals surface area contributed by atoms with E-state index in [1.807, 2.05) is 0 Å². The highest BCUT2D eigenvalue weighted by Gasteiger charge is 2.98. The van der Waals surface area contributed by atoms with Gasteiger partial charge >= 0.3 is 0 Å². The van der Waals surface area contributed by atoms with Crippen LogP contribution in [0.2, 0.25) is 0 Å². The van der Waals surface area contributed by atoms with Crippen molar-refractivity contribution < 1.29 is 13.2 Å². The zero-order valence-corrected chi connectivity index (χ0v) is 7.75. The summed E-state index contributed by atoms with van der Waals surface area (Å²) in [4.78, 5) is 0. The molecule has 0 aromatic rings. The average molecular weight is 203 g/mol. The minimum absolute atomic E-state index is 0.120. The van der Waals surface area contributed by atoms with Crippen molar-refractivity contribution in [3.8, 4) is 0 Å². The van der Waals surface area contributed by atoms with E-state index >= 15 is 0 Å². The van der Waals surface area contributed by atoms with Crippen molar-refractivity contribution in [3.63, 3.8) is 0 Å². The molecule has 4 rings (SSSR count). The van der Waals surface area contributed by atoms with Gasteiger partial charge in [0.15, 0.2) is 0 Å². The molecule has 2 N–H and O–H groups in total. The zero-order chi connectivity index (χ0) is 10.0. The van der Waals surface area contributed by atoms with Crippen LogP contribution < -0.4 is 5.73 Å². The topological polar surface area (TPSA) is 26.0 Å². The lowest BCUT2D eigenvalue weighted by Gasteiger charge is -2.74. The van der Waals surface area contributed by atoms with Gasteiger partial charge in [-0.15, -0.1) is 0 Å². The van der Waals surface area contributed by atoms with Crippen LogP contribution in [0.15, 0.2) is 0 Å². The van der Waals surface area contributed by atoms with Crippen LogP contribution in [-0.4, -0.2) is 22.5 Å². The Morgan fingerprint density at radius 3 is 1.43 bits per heavy atom. The minimum atomic E-state index is -1.64. The van der Waals surface area contributed by atoms with Gasteiger partial charge in [0.2, 0.25) is 0 Å². The molecule has 4 aliphatic carbocycles. The average Bonchev–Trinajstić information content (AvgIpc) is 2.27. The number of halogens is 3. The first-order chi connectivity index (χ1) is 6.29. The van der Waals surface area contributed by atoms with E-state index < -0.39 is 28.0 Å². The van der Waals surface area contributed by atoms with Crippen LogP contribution in [0.5, 0.6) is 0 Å². The lowest BCUT2D eigenvalue weighted by Crippen LogP contribution is -2.85. The second-order valence-electron chi connectivity index (χ2n) is 6.05. The largest absolute Gasteiger partial charge is 0.325 e. The third kappa shape index (κ3) is 0.422. The summed E-state index contributed by atoms with van der Waals surface area (Å²) in [6.07, 6.45) is 0.299. The van der Waals surface area contributed by atoms with Crippen LogP contribution in [0.3, 0.4) is 0 Å². The van der Waals surface area contributed by atoms with E-state index in [9.17, 15) is 13.2 Å². The smallest absolute Gasteiger partial charge is 0.129 e. The van der Waals surface area contributed by atoms with E-state index in [0.717, 1.165) is 0 Å². The fraction of sp³-hybridized carbons (Fsp3) is 1.00. The molecular weight excluding hydrogens is 191 g/mol. The Kier molecular flexibility index (Phi) is 0.830. The molecule has 4 aliphatic rings. The van der Waals surface area contributed by atoms with E-state index in [0.29, 0.717) is 0 Å². The maximum Gasteiger partial charge on any atom is 0.129 e. The van der Waals surface area contributed by atoms with Gasteiger partial charge in [-0.3, -0.25) is 0 Å². The van der Waals surface area contributed by atoms with E-state index in [-0.39, 0.29) is 32.1 Å². The lowest BCUT2D eigenvalue weighted by molar-refractivity contribution is -0.360. The maximum absolute atomic E-state index is 14.2. The SMILES string of the molecule is NC12CC3(F)CC4(F)CC(F)(C1)C34C2. The Labute approximate surface area is 79.8 Å². The van der Waals surface area contributed by atoms with Gasteiger partial charge < -0.3 is 5.73 Å². The van der Waals surface area contributed by atoms with E-state index in [1.165, 1.54) is 0 Å². The van der Waals surface area contributed by atoms with Crippen LogP contribution in [0, 0.1) is 5.41 Å². The first kappa shape index (κ1) is 7.97. The normalized spacial score (nSPS) is 78.0. The van der Waals surface area contributed by atoms with Crippen molar-refractivity contribution in [1.29, 1.82) is 0 Å². The maximum atomic E-state index is 14.2. The van der Waals surface area contributed by atoms with Crippen LogP contribution in [0.25, 0.3) is 0 Å². The zero-order valence-electron chi connectivity index (χ0n) is 7.75. The second kappa shape index (κ2) is 1.46. The third-order valence-corrected chi connectivity index (χ3v) is 5.30. The Hall–Kier alpha value is -0.250. The number of fused-ring (bicyclic) bond motifs is 1. The molecule has 2 atom stereocenters. The van der Waals surface area contributed by atoms with Gasteiger partial charge in [0, 0.05) is 31.2 Å². The Morgan fingerprint density at radius 1 is 0.714 bits per heavy atom. The highest BCUT2D eigenvalue weighted by molar-refractivity contribution is 5.47. The Bertz CT molecular complexity index is 346. The van der Waals surface area contributed by atoms with Crippen molar-refractivity contribution in [1.82, 2.24) is 0 Å². The fourth-order valence-electron chi connectivity index (χ4n) is 5.28. The predicted molar refractivity (Wildman–Crippen MR) is 44.0 cm³/mol. The first-order valence-electron chi connectivity index (χ1n) is 5.14. The van der Waals surface area contributed by atoms with Crippen LogP contribution >= 0.6 is 0 Å². The molecule has 0 aromatic carbocycles. The van der Waals surface area contributed by atoms with Gasteiger partial charge in [0.05, 0.1) is 5.41 Å². The van der Waals surface area contributed by atoms with Crippen molar-refractivity contribution in [3.05, 3.63) is 0 Å². The van der Waals surface area contributed by atoms with Crippen LogP contribution in [0.4, 0.5) is 13.2 Å². The van der Waals surface area contributed by atoms with Gasteiger partial charge in [0.1, 0.15) is 17.0 Å². The molecule has 1 nitrogen and oxygen atoms in total. The highest BCUT2D eigenvalue weighted by atomic mass is 19.2. The molecule has 4 saturated carbocycles. The summed E-state index contributed by atoms with van der Waals surface area (Å²) in [5.74, 6) is 0. The quantitative estimate of drug-likeness (QED) is 0.638. The van der Waals surface area contributed by atoms with E-state index in [4.69, 9.17) is 5.73 Å². The molecule has 2 unspecified atom stereocenters. The number of nitrogens with two attached hydrogens (primary N) is 1. The number of alkyl halides is 3. The summed E-state index contributed by atoms with van der Waals surface area (Å²) in [5, 5.41) is 0. The molecule has 0 saturated heterocycles. The van der Waals surface area contributed by atoms with E-state index in [1.54, 1.807) is 0 Å². The summed E-state index contributed by atoms with van der Waals surface area (Å²) in [6, 6.07) is 0. The molecule has 0 heterocycles. The minimum Gasteiger partial charge on any atom is -0.325 e. The molecule has 4 fully saturated rings. The fourth-order valence-corrected chi connectivity index (χ4v) is 5.28. The van der Waals surface area contributed by atoms with Gasteiger partial charge in [-0.25, -0.2) is 13.2 Å². The summed E-state index contributed by atoms with van der Waals surface area (Å²) in [6.45, 7) is 0. The molecule has 0 amide bonds. The molecule has 0 aromatic heterocycles. The summed E-state index contributed by atoms with van der Waals surface area (Å²) >= 11 is 0. The standard InChI is InChI=1S/C10H12F3N/c11-7-1-6(14)2-8(12)5-9(13,4-7)10(7,8)3-6/h1-5,14H2. The van der Waals surface area contributed by atoms with Crippen molar-refractivity contribution >= 4 is 0 Å². The lowest BCUT2D eigenvalue weighted by atomic mass is 9.34. The molecule has 4 heteroatoms. The first-order valence-corrected chi connectivity index (χ1v) is 5.14. The number of rotatable bonds is 0. The third-order valence-electron chi connectivity index (χ3n) is 5.30. The predicted octanol–water partition coefficient (Wildman–Crippen LogP) is 1.80. The summed E-state index contributed by atoms with van der Waals surface area (Å²) in [5.41, 5.74) is -1.05. The molecule has 1 spiro atoms. The van der Waals surface area contributed by atoms with Gasteiger partial charge in [-0.05, 0) is 6.42 Å².